The van der Waals surface area contributed by atoms with Crippen LogP contribution in [0.5, 0.6) is 5.75 Å². The summed E-state index contributed by atoms with van der Waals surface area (Å²) in [6.45, 7) is 2.34. The topological polar surface area (TPSA) is 49.8 Å². The number of likely N-dealkylation sites (N-methyl/N-ethyl adjacent to an activating group) is 1. The van der Waals surface area contributed by atoms with Crippen molar-refractivity contribution in [2.45, 2.75) is 19.4 Å². The Morgan fingerprint density at radius 2 is 2.06 bits per heavy atom. The van der Waals surface area contributed by atoms with E-state index in [1.807, 2.05) is 24.3 Å². The van der Waals surface area contributed by atoms with Crippen molar-refractivity contribution in [3.05, 3.63) is 28.7 Å². The molecule has 0 aliphatic heterocycles. The third kappa shape index (κ3) is 5.51. The Balaban J connectivity index is 2.29. The number of ether oxygens (including phenoxy) is 1. The maximum atomic E-state index is 11.7. The van der Waals surface area contributed by atoms with E-state index in [2.05, 4.69) is 15.9 Å². The number of benzene rings is 1. The largest absolute Gasteiger partial charge is 0.493 e. The van der Waals surface area contributed by atoms with Crippen LogP contribution < -0.4 is 4.74 Å². The van der Waals surface area contributed by atoms with Crippen LogP contribution in [0.25, 0.3) is 0 Å². The number of carbonyl (C=O) groups is 1. The Morgan fingerprint density at radius 3 is 2.61 bits per heavy atom. The molecule has 1 N–H and O–H groups in total. The Hall–Kier alpha value is -1.07. The van der Waals surface area contributed by atoms with Gasteiger partial charge in [0.15, 0.2) is 0 Å². The van der Waals surface area contributed by atoms with Crippen molar-refractivity contribution < 1.29 is 14.6 Å². The number of nitrogens with zero attached hydrogens (tertiary/aromatic N) is 1. The predicted molar refractivity (Wildman–Crippen MR) is 73.6 cm³/mol. The first-order valence-electron chi connectivity index (χ1n) is 5.79. The van der Waals surface area contributed by atoms with Crippen LogP contribution in [0.4, 0.5) is 0 Å². The minimum Gasteiger partial charge on any atom is -0.493 e. The SMILES string of the molecule is CC(O)CN(C)C(=O)CCOc1ccc(Br)cc1. The third-order valence-electron chi connectivity index (χ3n) is 2.36. The predicted octanol–water partition coefficient (Wildman–Crippen LogP) is 2.06. The summed E-state index contributed by atoms with van der Waals surface area (Å²) >= 11 is 3.34. The number of rotatable bonds is 6. The first-order valence-corrected chi connectivity index (χ1v) is 6.58. The highest BCUT2D eigenvalue weighted by atomic mass is 79.9. The van der Waals surface area contributed by atoms with Crippen LogP contribution in [-0.2, 0) is 4.79 Å². The molecule has 1 aromatic carbocycles. The van der Waals surface area contributed by atoms with Crippen LogP contribution >= 0.6 is 15.9 Å². The third-order valence-corrected chi connectivity index (χ3v) is 2.89. The van der Waals surface area contributed by atoms with Crippen molar-refractivity contribution in [2.24, 2.45) is 0 Å². The zero-order valence-corrected chi connectivity index (χ0v) is 12.2. The van der Waals surface area contributed by atoms with E-state index in [9.17, 15) is 9.90 Å². The summed E-state index contributed by atoms with van der Waals surface area (Å²) in [7, 11) is 1.68. The van der Waals surface area contributed by atoms with Gasteiger partial charge in [-0.2, -0.15) is 0 Å². The minimum atomic E-state index is -0.508. The lowest BCUT2D eigenvalue weighted by molar-refractivity contribution is -0.131. The molecule has 0 aliphatic carbocycles. The number of aliphatic hydroxyl groups excluding tert-OH is 1. The van der Waals surface area contributed by atoms with Crippen molar-refractivity contribution in [1.29, 1.82) is 0 Å². The molecule has 1 aromatic rings. The van der Waals surface area contributed by atoms with Gasteiger partial charge < -0.3 is 14.7 Å². The lowest BCUT2D eigenvalue weighted by Crippen LogP contribution is -2.33. The van der Waals surface area contributed by atoms with Gasteiger partial charge in [-0.3, -0.25) is 4.79 Å². The molecule has 0 fully saturated rings. The quantitative estimate of drug-likeness (QED) is 0.874. The van der Waals surface area contributed by atoms with E-state index in [0.29, 0.717) is 19.6 Å². The number of carbonyl (C=O) groups excluding carboxylic acids is 1. The lowest BCUT2D eigenvalue weighted by atomic mass is 10.3. The molecule has 1 atom stereocenters. The van der Waals surface area contributed by atoms with Crippen molar-refractivity contribution in [3.63, 3.8) is 0 Å². The molecule has 0 saturated heterocycles. The van der Waals surface area contributed by atoms with Crippen LogP contribution in [0.3, 0.4) is 0 Å². The van der Waals surface area contributed by atoms with E-state index in [-0.39, 0.29) is 5.91 Å². The van der Waals surface area contributed by atoms with E-state index in [0.717, 1.165) is 10.2 Å². The van der Waals surface area contributed by atoms with Gasteiger partial charge in [-0.25, -0.2) is 0 Å². The monoisotopic (exact) mass is 315 g/mol. The minimum absolute atomic E-state index is 0.0342. The molecular weight excluding hydrogens is 298 g/mol. The molecule has 0 saturated carbocycles. The van der Waals surface area contributed by atoms with E-state index in [4.69, 9.17) is 4.74 Å². The number of halogens is 1. The number of hydrogen-bond acceptors (Lipinski definition) is 3. The zero-order chi connectivity index (χ0) is 13.5. The Morgan fingerprint density at radius 1 is 1.44 bits per heavy atom. The average Bonchev–Trinajstić information content (AvgIpc) is 2.30. The molecule has 0 bridgehead atoms. The van der Waals surface area contributed by atoms with Crippen LogP contribution in [0.15, 0.2) is 28.7 Å². The summed E-state index contributed by atoms with van der Waals surface area (Å²) in [6.07, 6.45) is -0.203. The highest BCUT2D eigenvalue weighted by molar-refractivity contribution is 9.10. The molecule has 4 nitrogen and oxygen atoms in total. The van der Waals surface area contributed by atoms with Gasteiger partial charge in [0.25, 0.3) is 0 Å². The Kier molecular flexibility index (Phi) is 6.15. The second kappa shape index (κ2) is 7.38. The molecular formula is C13H18BrNO3. The Labute approximate surface area is 116 Å². The van der Waals surface area contributed by atoms with Crippen LogP contribution in [0, 0.1) is 0 Å². The van der Waals surface area contributed by atoms with Crippen LogP contribution in [0.1, 0.15) is 13.3 Å². The second-order valence-corrected chi connectivity index (χ2v) is 5.09. The molecule has 5 heteroatoms. The highest BCUT2D eigenvalue weighted by Gasteiger charge is 2.10. The summed E-state index contributed by atoms with van der Waals surface area (Å²) in [5.74, 6) is 0.706. The van der Waals surface area contributed by atoms with Crippen molar-refractivity contribution in [3.8, 4) is 5.75 Å². The molecule has 1 amide bonds. The first kappa shape index (κ1) is 15.0. The second-order valence-electron chi connectivity index (χ2n) is 4.18. The van der Waals surface area contributed by atoms with E-state index in [1.165, 1.54) is 4.90 Å². The van der Waals surface area contributed by atoms with Crippen molar-refractivity contribution in [2.75, 3.05) is 20.2 Å². The van der Waals surface area contributed by atoms with E-state index in [1.54, 1.807) is 14.0 Å². The maximum Gasteiger partial charge on any atom is 0.225 e. The van der Waals surface area contributed by atoms with Gasteiger partial charge in [0.1, 0.15) is 5.75 Å². The molecule has 0 radical (unpaired) electrons. The van der Waals surface area contributed by atoms with Crippen LogP contribution in [-0.4, -0.2) is 42.2 Å². The fourth-order valence-electron chi connectivity index (χ4n) is 1.48. The molecule has 0 aliphatic rings. The number of amides is 1. The molecule has 100 valence electrons. The number of hydrogen-bond donors (Lipinski definition) is 1. The van der Waals surface area contributed by atoms with E-state index < -0.39 is 6.10 Å². The zero-order valence-electron chi connectivity index (χ0n) is 10.6. The fourth-order valence-corrected chi connectivity index (χ4v) is 1.74. The summed E-state index contributed by atoms with van der Waals surface area (Å²) in [4.78, 5) is 13.2. The summed E-state index contributed by atoms with van der Waals surface area (Å²) in [6, 6.07) is 7.45. The molecule has 0 heterocycles. The first-order chi connectivity index (χ1) is 8.49. The van der Waals surface area contributed by atoms with Gasteiger partial charge in [-0.05, 0) is 31.2 Å². The molecule has 0 spiro atoms. The molecule has 0 aromatic heterocycles. The van der Waals surface area contributed by atoms with Gasteiger partial charge in [0, 0.05) is 18.1 Å². The standard InChI is InChI=1S/C13H18BrNO3/c1-10(16)9-15(2)13(17)7-8-18-12-5-3-11(14)4-6-12/h3-6,10,16H,7-9H2,1-2H3. The van der Waals surface area contributed by atoms with Gasteiger partial charge in [-0.15, -0.1) is 0 Å². The average molecular weight is 316 g/mol. The van der Waals surface area contributed by atoms with Gasteiger partial charge >= 0.3 is 0 Å². The normalized spacial score (nSPS) is 12.0. The molecule has 1 rings (SSSR count). The maximum absolute atomic E-state index is 11.7. The van der Waals surface area contributed by atoms with Crippen LogP contribution in [0.2, 0.25) is 0 Å². The van der Waals surface area contributed by atoms with Gasteiger partial charge in [-0.1, -0.05) is 15.9 Å². The molecule has 1 unspecified atom stereocenters. The summed E-state index contributed by atoms with van der Waals surface area (Å²) < 4.78 is 6.44. The summed E-state index contributed by atoms with van der Waals surface area (Å²) in [5, 5.41) is 9.17. The van der Waals surface area contributed by atoms with Crippen molar-refractivity contribution >= 4 is 21.8 Å². The number of aliphatic hydroxyl groups is 1. The highest BCUT2D eigenvalue weighted by Crippen LogP contribution is 2.16. The van der Waals surface area contributed by atoms with Crippen molar-refractivity contribution in [1.82, 2.24) is 4.90 Å². The molecule has 18 heavy (non-hydrogen) atoms. The van der Waals surface area contributed by atoms with Gasteiger partial charge in [0.2, 0.25) is 5.91 Å². The fraction of sp³-hybridized carbons (Fsp3) is 0.462. The smallest absolute Gasteiger partial charge is 0.225 e. The Bertz CT molecular complexity index is 378. The van der Waals surface area contributed by atoms with Gasteiger partial charge in [0.05, 0.1) is 19.1 Å². The summed E-state index contributed by atoms with van der Waals surface area (Å²) in [5.41, 5.74) is 0. The lowest BCUT2D eigenvalue weighted by Gasteiger charge is -2.18. The van der Waals surface area contributed by atoms with E-state index >= 15 is 0 Å².